The lowest BCUT2D eigenvalue weighted by molar-refractivity contribution is 0.0683. The Balaban J connectivity index is 1.45. The Kier molecular flexibility index (Phi) is 3.69. The lowest BCUT2D eigenvalue weighted by atomic mass is 9.93. The van der Waals surface area contributed by atoms with Gasteiger partial charge in [-0.1, -0.05) is 6.42 Å². The Morgan fingerprint density at radius 3 is 2.41 bits per heavy atom. The first-order valence-corrected chi connectivity index (χ1v) is 7.44. The second-order valence-corrected chi connectivity index (χ2v) is 6.20. The van der Waals surface area contributed by atoms with E-state index in [2.05, 4.69) is 9.80 Å². The van der Waals surface area contributed by atoms with Crippen LogP contribution >= 0.6 is 0 Å². The molecular formula is C14H26N2O. The fourth-order valence-electron chi connectivity index (χ4n) is 4.27. The van der Waals surface area contributed by atoms with E-state index in [1.165, 1.54) is 51.9 Å². The van der Waals surface area contributed by atoms with Gasteiger partial charge in [-0.15, -0.1) is 0 Å². The average molecular weight is 238 g/mol. The molecule has 0 aromatic carbocycles. The number of rotatable bonds is 4. The third kappa shape index (κ3) is 2.51. The Morgan fingerprint density at radius 2 is 1.82 bits per heavy atom. The molecule has 0 aromatic heterocycles. The molecule has 98 valence electrons. The number of hydrogen-bond acceptors (Lipinski definition) is 3. The zero-order valence-electron chi connectivity index (χ0n) is 10.9. The van der Waals surface area contributed by atoms with Gasteiger partial charge in [0, 0.05) is 45.4 Å². The van der Waals surface area contributed by atoms with E-state index in [9.17, 15) is 0 Å². The predicted molar refractivity (Wildman–Crippen MR) is 69.0 cm³/mol. The molecule has 1 heterocycles. The molecule has 0 amide bonds. The molecule has 17 heavy (non-hydrogen) atoms. The van der Waals surface area contributed by atoms with Crippen molar-refractivity contribution in [2.24, 2.45) is 11.8 Å². The Hall–Kier alpha value is -0.120. The van der Waals surface area contributed by atoms with Crippen molar-refractivity contribution in [3.8, 4) is 0 Å². The van der Waals surface area contributed by atoms with Gasteiger partial charge in [-0.2, -0.15) is 0 Å². The highest BCUT2D eigenvalue weighted by Gasteiger charge is 2.42. The summed E-state index contributed by atoms with van der Waals surface area (Å²) >= 11 is 0. The summed E-state index contributed by atoms with van der Waals surface area (Å²) in [6.45, 7) is 6.38. The van der Waals surface area contributed by atoms with Crippen molar-refractivity contribution in [3.05, 3.63) is 0 Å². The minimum Gasteiger partial charge on any atom is -0.396 e. The summed E-state index contributed by atoms with van der Waals surface area (Å²) in [5.74, 6) is 2.10. The SMILES string of the molecule is OCCCN1CCN([C@H]2C[C@@H]3CC[C@H]2C3)CC1. The summed E-state index contributed by atoms with van der Waals surface area (Å²) in [5, 5.41) is 8.86. The van der Waals surface area contributed by atoms with Crippen molar-refractivity contribution in [2.45, 2.75) is 38.1 Å². The molecule has 3 rings (SSSR count). The number of fused-ring (bicyclic) bond motifs is 2. The molecule has 2 aliphatic carbocycles. The van der Waals surface area contributed by atoms with Gasteiger partial charge in [-0.3, -0.25) is 4.90 Å². The van der Waals surface area contributed by atoms with E-state index in [-0.39, 0.29) is 0 Å². The van der Waals surface area contributed by atoms with Gasteiger partial charge < -0.3 is 10.0 Å². The molecule has 0 unspecified atom stereocenters. The summed E-state index contributed by atoms with van der Waals surface area (Å²) in [6.07, 6.45) is 6.96. The highest BCUT2D eigenvalue weighted by Crippen LogP contribution is 2.46. The summed E-state index contributed by atoms with van der Waals surface area (Å²) in [7, 11) is 0. The van der Waals surface area contributed by atoms with Gasteiger partial charge in [0.15, 0.2) is 0 Å². The maximum atomic E-state index is 8.86. The van der Waals surface area contributed by atoms with Crippen molar-refractivity contribution in [1.82, 2.24) is 9.80 Å². The van der Waals surface area contributed by atoms with Crippen molar-refractivity contribution >= 4 is 0 Å². The summed E-state index contributed by atoms with van der Waals surface area (Å²) in [6, 6.07) is 0.925. The quantitative estimate of drug-likeness (QED) is 0.796. The topological polar surface area (TPSA) is 26.7 Å². The third-order valence-electron chi connectivity index (χ3n) is 5.21. The molecule has 1 N–H and O–H groups in total. The highest BCUT2D eigenvalue weighted by atomic mass is 16.3. The summed E-state index contributed by atoms with van der Waals surface area (Å²) in [4.78, 5) is 5.28. The molecule has 3 heteroatoms. The molecule has 3 atom stereocenters. The molecule has 0 aromatic rings. The number of aliphatic hydroxyl groups is 1. The number of nitrogens with zero attached hydrogens (tertiary/aromatic N) is 2. The van der Waals surface area contributed by atoms with Gasteiger partial charge in [0.1, 0.15) is 0 Å². The minimum atomic E-state index is 0.340. The van der Waals surface area contributed by atoms with Gasteiger partial charge in [0.2, 0.25) is 0 Å². The van der Waals surface area contributed by atoms with E-state index in [0.29, 0.717) is 6.61 Å². The normalized spacial score (nSPS) is 39.0. The highest BCUT2D eigenvalue weighted by molar-refractivity contribution is 4.96. The maximum Gasteiger partial charge on any atom is 0.0443 e. The standard InChI is InChI=1S/C14H26N2O/c17-9-1-4-15-5-7-16(8-6-15)14-11-12-2-3-13(14)10-12/h12-14,17H,1-11H2/t12-,13+,14+/m1/s1. The van der Waals surface area contributed by atoms with E-state index in [1.54, 1.807) is 0 Å². The fourth-order valence-corrected chi connectivity index (χ4v) is 4.27. The van der Waals surface area contributed by atoms with Crippen molar-refractivity contribution in [1.29, 1.82) is 0 Å². The minimum absolute atomic E-state index is 0.340. The van der Waals surface area contributed by atoms with Gasteiger partial charge in [-0.25, -0.2) is 0 Å². The molecular weight excluding hydrogens is 212 g/mol. The zero-order valence-corrected chi connectivity index (χ0v) is 10.9. The van der Waals surface area contributed by atoms with E-state index in [1.807, 2.05) is 0 Å². The predicted octanol–water partition coefficient (Wildman–Crippen LogP) is 1.17. The van der Waals surface area contributed by atoms with Crippen molar-refractivity contribution < 1.29 is 5.11 Å². The molecule has 3 aliphatic rings. The van der Waals surface area contributed by atoms with Crippen LogP contribution in [0.4, 0.5) is 0 Å². The lowest BCUT2D eigenvalue weighted by Crippen LogP contribution is -2.51. The van der Waals surface area contributed by atoms with Gasteiger partial charge in [0.05, 0.1) is 0 Å². The zero-order chi connectivity index (χ0) is 11.7. The van der Waals surface area contributed by atoms with Crippen LogP contribution in [-0.2, 0) is 0 Å². The van der Waals surface area contributed by atoms with E-state index in [0.717, 1.165) is 30.8 Å². The number of hydrogen-bond donors (Lipinski definition) is 1. The first-order valence-electron chi connectivity index (χ1n) is 7.44. The largest absolute Gasteiger partial charge is 0.396 e. The van der Waals surface area contributed by atoms with Crippen LogP contribution in [-0.4, -0.2) is 60.3 Å². The first-order chi connectivity index (χ1) is 8.36. The Morgan fingerprint density at radius 1 is 1.00 bits per heavy atom. The van der Waals surface area contributed by atoms with Crippen molar-refractivity contribution in [2.75, 3.05) is 39.3 Å². The average Bonchev–Trinajstić information content (AvgIpc) is 2.99. The van der Waals surface area contributed by atoms with Crippen LogP contribution in [0, 0.1) is 11.8 Å². The molecule has 0 radical (unpaired) electrons. The van der Waals surface area contributed by atoms with Crippen LogP contribution in [0.15, 0.2) is 0 Å². The van der Waals surface area contributed by atoms with Gasteiger partial charge in [-0.05, 0) is 37.5 Å². The van der Waals surface area contributed by atoms with Crippen LogP contribution in [0.5, 0.6) is 0 Å². The second kappa shape index (κ2) is 5.25. The van der Waals surface area contributed by atoms with Crippen LogP contribution in [0.2, 0.25) is 0 Å². The van der Waals surface area contributed by atoms with Crippen LogP contribution in [0.3, 0.4) is 0 Å². The fraction of sp³-hybridized carbons (Fsp3) is 1.00. The van der Waals surface area contributed by atoms with Crippen molar-refractivity contribution in [3.63, 3.8) is 0 Å². The smallest absolute Gasteiger partial charge is 0.0443 e. The van der Waals surface area contributed by atoms with E-state index in [4.69, 9.17) is 5.11 Å². The third-order valence-corrected chi connectivity index (χ3v) is 5.21. The molecule has 2 bridgehead atoms. The molecule has 3 fully saturated rings. The van der Waals surface area contributed by atoms with Crippen LogP contribution in [0.25, 0.3) is 0 Å². The molecule has 1 aliphatic heterocycles. The Labute approximate surface area is 105 Å². The van der Waals surface area contributed by atoms with Gasteiger partial charge in [0.25, 0.3) is 0 Å². The first kappa shape index (κ1) is 11.9. The molecule has 3 nitrogen and oxygen atoms in total. The maximum absolute atomic E-state index is 8.86. The molecule has 2 saturated carbocycles. The summed E-state index contributed by atoms with van der Waals surface area (Å²) in [5.41, 5.74) is 0. The van der Waals surface area contributed by atoms with Gasteiger partial charge >= 0.3 is 0 Å². The monoisotopic (exact) mass is 238 g/mol. The number of piperazine rings is 1. The van der Waals surface area contributed by atoms with Crippen LogP contribution in [0.1, 0.15) is 32.1 Å². The van der Waals surface area contributed by atoms with E-state index >= 15 is 0 Å². The lowest BCUT2D eigenvalue weighted by Gasteiger charge is -2.41. The second-order valence-electron chi connectivity index (χ2n) is 6.20. The molecule has 0 spiro atoms. The Bertz CT molecular complexity index is 251. The number of aliphatic hydroxyl groups excluding tert-OH is 1. The van der Waals surface area contributed by atoms with Crippen LogP contribution < -0.4 is 0 Å². The van der Waals surface area contributed by atoms with E-state index < -0.39 is 0 Å². The molecule has 1 saturated heterocycles. The summed E-state index contributed by atoms with van der Waals surface area (Å²) < 4.78 is 0.